The van der Waals surface area contributed by atoms with Crippen LogP contribution in [0.4, 0.5) is 0 Å². The van der Waals surface area contributed by atoms with Crippen molar-refractivity contribution in [1.82, 2.24) is 20.4 Å². The molecule has 1 aliphatic carbocycles. The molecule has 0 atom stereocenters. The number of nitrogens with zero attached hydrogens (tertiary/aromatic N) is 2. The van der Waals surface area contributed by atoms with Gasteiger partial charge in [0.25, 0.3) is 5.91 Å². The van der Waals surface area contributed by atoms with Crippen LogP contribution < -0.4 is 5.32 Å². The number of aromatic amines is 1. The molecule has 1 saturated carbocycles. The second-order valence-electron chi connectivity index (χ2n) is 6.68. The molecule has 5 nitrogen and oxygen atoms in total. The van der Waals surface area contributed by atoms with Crippen LogP contribution in [0.25, 0.3) is 10.9 Å². The molecule has 1 saturated heterocycles. The SMILES string of the molecule is O=C(c1n[nH]c2ccc(Br)cc12)N1CCC(NCC2CC2)CC1. The molecular weight excluding hydrogens is 356 g/mol. The van der Waals surface area contributed by atoms with Gasteiger partial charge in [-0.1, -0.05) is 15.9 Å². The van der Waals surface area contributed by atoms with Gasteiger partial charge in [0.2, 0.25) is 0 Å². The number of rotatable bonds is 4. The van der Waals surface area contributed by atoms with E-state index < -0.39 is 0 Å². The van der Waals surface area contributed by atoms with E-state index in [9.17, 15) is 4.79 Å². The molecule has 2 fully saturated rings. The number of carbonyl (C=O) groups is 1. The summed E-state index contributed by atoms with van der Waals surface area (Å²) >= 11 is 3.46. The zero-order chi connectivity index (χ0) is 15.8. The molecule has 1 aromatic heterocycles. The van der Waals surface area contributed by atoms with E-state index in [0.29, 0.717) is 11.7 Å². The lowest BCUT2D eigenvalue weighted by Gasteiger charge is -2.32. The predicted molar refractivity (Wildman–Crippen MR) is 93.4 cm³/mol. The molecule has 2 aromatic rings. The predicted octanol–water partition coefficient (Wildman–Crippen LogP) is 2.93. The largest absolute Gasteiger partial charge is 0.337 e. The number of halogens is 1. The zero-order valence-electron chi connectivity index (χ0n) is 13.0. The standard InChI is InChI=1S/C17H21BrN4O/c18-12-3-4-15-14(9-12)16(21-20-15)17(23)22-7-5-13(6-8-22)19-10-11-1-2-11/h3-4,9,11,13,19H,1-2,5-8,10H2,(H,20,21). The van der Waals surface area contributed by atoms with Crippen molar-refractivity contribution in [2.45, 2.75) is 31.7 Å². The Bertz CT molecular complexity index is 716. The summed E-state index contributed by atoms with van der Waals surface area (Å²) < 4.78 is 0.962. The molecule has 1 amide bonds. The smallest absolute Gasteiger partial charge is 0.274 e. The van der Waals surface area contributed by atoms with Crippen molar-refractivity contribution in [2.75, 3.05) is 19.6 Å². The number of hydrogen-bond acceptors (Lipinski definition) is 3. The van der Waals surface area contributed by atoms with Gasteiger partial charge in [0, 0.05) is 29.0 Å². The van der Waals surface area contributed by atoms with E-state index in [1.165, 1.54) is 12.8 Å². The lowest BCUT2D eigenvalue weighted by molar-refractivity contribution is 0.0701. The van der Waals surface area contributed by atoms with Crippen LogP contribution in [-0.4, -0.2) is 46.7 Å². The third kappa shape index (κ3) is 3.28. The van der Waals surface area contributed by atoms with E-state index in [4.69, 9.17) is 0 Å². The third-order valence-electron chi connectivity index (χ3n) is 4.90. The molecule has 2 N–H and O–H groups in total. The minimum absolute atomic E-state index is 0.0370. The van der Waals surface area contributed by atoms with Gasteiger partial charge in [0.1, 0.15) is 0 Å². The molecule has 0 bridgehead atoms. The number of carbonyl (C=O) groups excluding carboxylic acids is 1. The Morgan fingerprint density at radius 3 is 2.83 bits per heavy atom. The normalized spacial score (nSPS) is 19.4. The highest BCUT2D eigenvalue weighted by molar-refractivity contribution is 9.10. The maximum Gasteiger partial charge on any atom is 0.274 e. The van der Waals surface area contributed by atoms with E-state index >= 15 is 0 Å². The number of benzene rings is 1. The van der Waals surface area contributed by atoms with Gasteiger partial charge in [0.05, 0.1) is 5.52 Å². The number of nitrogens with one attached hydrogen (secondary N) is 2. The minimum Gasteiger partial charge on any atom is -0.337 e. The second-order valence-corrected chi connectivity index (χ2v) is 7.60. The summed E-state index contributed by atoms with van der Waals surface area (Å²) in [5.74, 6) is 0.943. The number of piperidine rings is 1. The van der Waals surface area contributed by atoms with E-state index in [1.807, 2.05) is 23.1 Å². The van der Waals surface area contributed by atoms with Crippen molar-refractivity contribution in [1.29, 1.82) is 0 Å². The molecule has 0 radical (unpaired) electrons. The first kappa shape index (κ1) is 15.1. The highest BCUT2D eigenvalue weighted by Gasteiger charge is 2.27. The van der Waals surface area contributed by atoms with Gasteiger partial charge in [-0.25, -0.2) is 0 Å². The summed E-state index contributed by atoms with van der Waals surface area (Å²) in [6, 6.07) is 6.41. The monoisotopic (exact) mass is 376 g/mol. The van der Waals surface area contributed by atoms with Gasteiger partial charge < -0.3 is 10.2 Å². The molecule has 1 aromatic carbocycles. The van der Waals surface area contributed by atoms with Crippen LogP contribution in [0.15, 0.2) is 22.7 Å². The van der Waals surface area contributed by atoms with Crippen molar-refractivity contribution in [3.8, 4) is 0 Å². The molecule has 122 valence electrons. The average molecular weight is 377 g/mol. The number of fused-ring (bicyclic) bond motifs is 1. The number of hydrogen-bond donors (Lipinski definition) is 2. The molecule has 1 aliphatic heterocycles. The summed E-state index contributed by atoms with van der Waals surface area (Å²) in [7, 11) is 0. The summed E-state index contributed by atoms with van der Waals surface area (Å²) in [4.78, 5) is 14.7. The van der Waals surface area contributed by atoms with Gasteiger partial charge >= 0.3 is 0 Å². The Balaban J connectivity index is 1.41. The molecule has 6 heteroatoms. The van der Waals surface area contributed by atoms with Crippen molar-refractivity contribution < 1.29 is 4.79 Å². The first-order valence-corrected chi connectivity index (χ1v) is 9.16. The van der Waals surface area contributed by atoms with E-state index in [1.54, 1.807) is 0 Å². The van der Waals surface area contributed by atoms with E-state index in [2.05, 4.69) is 31.4 Å². The highest BCUT2D eigenvalue weighted by atomic mass is 79.9. The average Bonchev–Trinajstić information content (AvgIpc) is 3.31. The van der Waals surface area contributed by atoms with Crippen molar-refractivity contribution in [3.63, 3.8) is 0 Å². The molecule has 4 rings (SSSR count). The van der Waals surface area contributed by atoms with Crippen molar-refractivity contribution in [3.05, 3.63) is 28.4 Å². The topological polar surface area (TPSA) is 61.0 Å². The lowest BCUT2D eigenvalue weighted by atomic mass is 10.0. The third-order valence-corrected chi connectivity index (χ3v) is 5.40. The van der Waals surface area contributed by atoms with Crippen molar-refractivity contribution in [2.24, 2.45) is 5.92 Å². The van der Waals surface area contributed by atoms with E-state index in [-0.39, 0.29) is 5.91 Å². The first-order chi connectivity index (χ1) is 11.2. The Morgan fingerprint density at radius 2 is 2.09 bits per heavy atom. The Kier molecular flexibility index (Phi) is 4.11. The van der Waals surface area contributed by atoms with Gasteiger partial charge in [-0.3, -0.25) is 9.89 Å². The number of amides is 1. The van der Waals surface area contributed by atoms with Crippen LogP contribution in [0, 0.1) is 5.92 Å². The Hall–Kier alpha value is -1.40. The van der Waals surface area contributed by atoms with Crippen LogP contribution >= 0.6 is 15.9 Å². The minimum atomic E-state index is 0.0370. The summed E-state index contributed by atoms with van der Waals surface area (Å²) in [5, 5.41) is 11.7. The van der Waals surface area contributed by atoms with Gasteiger partial charge in [0.15, 0.2) is 5.69 Å². The van der Waals surface area contributed by atoms with Gasteiger partial charge in [-0.15, -0.1) is 0 Å². The fraction of sp³-hybridized carbons (Fsp3) is 0.529. The van der Waals surface area contributed by atoms with Crippen LogP contribution in [0.1, 0.15) is 36.2 Å². The van der Waals surface area contributed by atoms with Gasteiger partial charge in [-0.05, 0) is 56.3 Å². The van der Waals surface area contributed by atoms with Gasteiger partial charge in [-0.2, -0.15) is 5.10 Å². The number of H-pyrrole nitrogens is 1. The summed E-state index contributed by atoms with van der Waals surface area (Å²) in [6.07, 6.45) is 4.83. The number of likely N-dealkylation sites (tertiary alicyclic amines) is 1. The Morgan fingerprint density at radius 1 is 1.30 bits per heavy atom. The summed E-state index contributed by atoms with van der Waals surface area (Å²) in [5.41, 5.74) is 1.43. The zero-order valence-corrected chi connectivity index (χ0v) is 14.6. The lowest BCUT2D eigenvalue weighted by Crippen LogP contribution is -2.45. The molecule has 0 spiro atoms. The van der Waals surface area contributed by atoms with Crippen molar-refractivity contribution >= 4 is 32.7 Å². The quantitative estimate of drug-likeness (QED) is 0.862. The van der Waals surface area contributed by atoms with Crippen LogP contribution in [-0.2, 0) is 0 Å². The molecule has 0 unspecified atom stereocenters. The Labute approximate surface area is 143 Å². The fourth-order valence-electron chi connectivity index (χ4n) is 3.24. The maximum absolute atomic E-state index is 12.8. The van der Waals surface area contributed by atoms with E-state index in [0.717, 1.165) is 53.8 Å². The molecular formula is C17H21BrN4O. The molecule has 23 heavy (non-hydrogen) atoms. The molecule has 2 heterocycles. The highest BCUT2D eigenvalue weighted by Crippen LogP contribution is 2.28. The molecule has 2 aliphatic rings. The van der Waals surface area contributed by atoms with Crippen LogP contribution in [0.5, 0.6) is 0 Å². The second kappa shape index (κ2) is 6.24. The number of aromatic nitrogens is 2. The van der Waals surface area contributed by atoms with Crippen LogP contribution in [0.3, 0.4) is 0 Å². The maximum atomic E-state index is 12.8. The first-order valence-electron chi connectivity index (χ1n) is 8.37. The van der Waals surface area contributed by atoms with Crippen LogP contribution in [0.2, 0.25) is 0 Å². The summed E-state index contributed by atoms with van der Waals surface area (Å²) in [6.45, 7) is 2.77. The fourth-order valence-corrected chi connectivity index (χ4v) is 3.60.